The van der Waals surface area contributed by atoms with Crippen molar-refractivity contribution in [2.24, 2.45) is 0 Å². The Hall–Kier alpha value is -2.53. The zero-order valence-corrected chi connectivity index (χ0v) is 16.7. The van der Waals surface area contributed by atoms with E-state index in [-0.39, 0.29) is 18.2 Å². The van der Waals surface area contributed by atoms with Gasteiger partial charge >= 0.3 is 0 Å². The van der Waals surface area contributed by atoms with Gasteiger partial charge in [-0.25, -0.2) is 0 Å². The summed E-state index contributed by atoms with van der Waals surface area (Å²) in [7, 11) is 1.63. The van der Waals surface area contributed by atoms with E-state index in [0.29, 0.717) is 23.8 Å². The van der Waals surface area contributed by atoms with Crippen LogP contribution in [-0.2, 0) is 16.0 Å². The van der Waals surface area contributed by atoms with Gasteiger partial charge in [-0.2, -0.15) is 0 Å². The van der Waals surface area contributed by atoms with E-state index in [1.165, 1.54) is 6.92 Å². The Bertz CT molecular complexity index is 791. The first-order chi connectivity index (χ1) is 12.9. The summed E-state index contributed by atoms with van der Waals surface area (Å²) in [6.45, 7) is 4.36. The van der Waals surface area contributed by atoms with Gasteiger partial charge in [0.2, 0.25) is 11.8 Å². The summed E-state index contributed by atoms with van der Waals surface area (Å²) in [6, 6.07) is 13.1. The van der Waals surface area contributed by atoms with E-state index in [1.54, 1.807) is 18.1 Å². The number of nitrogens with zero attached hydrogens (tertiary/aromatic N) is 1. The molecule has 0 fully saturated rings. The molecule has 0 bridgehead atoms. The molecule has 0 aliphatic rings. The maximum Gasteiger partial charge on any atom is 0.226 e. The highest BCUT2D eigenvalue weighted by atomic mass is 35.5. The van der Waals surface area contributed by atoms with Crippen LogP contribution in [0.1, 0.15) is 24.5 Å². The van der Waals surface area contributed by atoms with Crippen molar-refractivity contribution >= 4 is 29.1 Å². The van der Waals surface area contributed by atoms with Gasteiger partial charge in [0.05, 0.1) is 7.11 Å². The molecule has 6 heteroatoms. The first-order valence-electron chi connectivity index (χ1n) is 8.83. The lowest BCUT2D eigenvalue weighted by atomic mass is 10.1. The zero-order chi connectivity index (χ0) is 19.8. The Morgan fingerprint density at radius 3 is 2.41 bits per heavy atom. The number of rotatable bonds is 8. The standard InChI is InChI=1S/C21H25ClN2O3/c1-15-4-7-18(14-20(15)22)23-21(26)11-13-24(16(2)25)12-10-17-5-8-19(27-3)9-6-17/h4-9,14H,10-13H2,1-3H3,(H,23,26). The zero-order valence-electron chi connectivity index (χ0n) is 15.9. The maximum atomic E-state index is 12.2. The molecule has 0 spiro atoms. The van der Waals surface area contributed by atoms with Gasteiger partial charge in [0.1, 0.15) is 5.75 Å². The quantitative estimate of drug-likeness (QED) is 0.741. The van der Waals surface area contributed by atoms with E-state index in [2.05, 4.69) is 5.32 Å². The molecule has 0 saturated carbocycles. The average molecular weight is 389 g/mol. The summed E-state index contributed by atoms with van der Waals surface area (Å²) in [5, 5.41) is 3.42. The van der Waals surface area contributed by atoms with Crippen LogP contribution in [-0.4, -0.2) is 36.9 Å². The van der Waals surface area contributed by atoms with Gasteiger partial charge in [-0.3, -0.25) is 9.59 Å². The Morgan fingerprint density at radius 2 is 1.81 bits per heavy atom. The highest BCUT2D eigenvalue weighted by molar-refractivity contribution is 6.31. The van der Waals surface area contributed by atoms with Crippen LogP contribution in [0.2, 0.25) is 5.02 Å². The van der Waals surface area contributed by atoms with Gasteiger partial charge in [-0.1, -0.05) is 29.8 Å². The maximum absolute atomic E-state index is 12.2. The first-order valence-corrected chi connectivity index (χ1v) is 9.21. The summed E-state index contributed by atoms with van der Waals surface area (Å²) in [6.07, 6.45) is 0.951. The second-order valence-corrected chi connectivity index (χ2v) is 6.77. The highest BCUT2D eigenvalue weighted by Crippen LogP contribution is 2.20. The van der Waals surface area contributed by atoms with Crippen LogP contribution in [0.5, 0.6) is 5.75 Å². The third-order valence-electron chi connectivity index (χ3n) is 4.34. The lowest BCUT2D eigenvalue weighted by molar-refractivity contribution is -0.129. The van der Waals surface area contributed by atoms with E-state index in [4.69, 9.17) is 16.3 Å². The third kappa shape index (κ3) is 6.61. The predicted octanol–water partition coefficient (Wildman–Crippen LogP) is 4.08. The fraction of sp³-hybridized carbons (Fsp3) is 0.333. The number of anilines is 1. The summed E-state index contributed by atoms with van der Waals surface area (Å²) in [5.41, 5.74) is 2.72. The number of carbonyl (C=O) groups is 2. The molecule has 0 heterocycles. The Labute approximate surface area is 165 Å². The molecule has 1 N–H and O–H groups in total. The number of hydrogen-bond donors (Lipinski definition) is 1. The molecule has 0 atom stereocenters. The number of ether oxygens (including phenoxy) is 1. The van der Waals surface area contributed by atoms with Crippen molar-refractivity contribution < 1.29 is 14.3 Å². The summed E-state index contributed by atoms with van der Waals surface area (Å²) in [5.74, 6) is 0.607. The van der Waals surface area contributed by atoms with E-state index < -0.39 is 0 Å². The number of methoxy groups -OCH3 is 1. The SMILES string of the molecule is COc1ccc(CCN(CCC(=O)Nc2ccc(C)c(Cl)c2)C(C)=O)cc1. The monoisotopic (exact) mass is 388 g/mol. The lowest BCUT2D eigenvalue weighted by Crippen LogP contribution is -2.33. The normalized spacial score (nSPS) is 10.4. The van der Waals surface area contributed by atoms with E-state index >= 15 is 0 Å². The number of halogens is 1. The van der Waals surface area contributed by atoms with Crippen molar-refractivity contribution in [2.75, 3.05) is 25.5 Å². The summed E-state index contributed by atoms with van der Waals surface area (Å²) >= 11 is 6.07. The topological polar surface area (TPSA) is 58.6 Å². The van der Waals surface area contributed by atoms with Crippen LogP contribution in [0.4, 0.5) is 5.69 Å². The number of hydrogen-bond acceptors (Lipinski definition) is 3. The van der Waals surface area contributed by atoms with Gasteiger partial charge in [-0.15, -0.1) is 0 Å². The molecule has 2 aromatic rings. The second kappa shape index (κ2) is 9.97. The van der Waals surface area contributed by atoms with Gasteiger partial charge < -0.3 is 15.0 Å². The van der Waals surface area contributed by atoms with Crippen LogP contribution >= 0.6 is 11.6 Å². The minimum atomic E-state index is -0.148. The van der Waals surface area contributed by atoms with Crippen LogP contribution in [0.3, 0.4) is 0 Å². The Balaban J connectivity index is 1.84. The molecule has 2 rings (SSSR count). The van der Waals surface area contributed by atoms with Crippen LogP contribution in [0.15, 0.2) is 42.5 Å². The largest absolute Gasteiger partial charge is 0.497 e. The number of carbonyl (C=O) groups excluding carboxylic acids is 2. The van der Waals surface area contributed by atoms with Gasteiger partial charge in [0.25, 0.3) is 0 Å². The first kappa shape index (κ1) is 20.8. The summed E-state index contributed by atoms with van der Waals surface area (Å²) < 4.78 is 5.14. The van der Waals surface area contributed by atoms with E-state index in [1.807, 2.05) is 43.3 Å². The van der Waals surface area contributed by atoms with Crippen LogP contribution < -0.4 is 10.1 Å². The van der Waals surface area contributed by atoms with Crippen molar-refractivity contribution in [1.29, 1.82) is 0 Å². The predicted molar refractivity (Wildman–Crippen MR) is 108 cm³/mol. The molecule has 2 aromatic carbocycles. The molecule has 0 aliphatic carbocycles. The molecular weight excluding hydrogens is 364 g/mol. The van der Waals surface area contributed by atoms with E-state index in [9.17, 15) is 9.59 Å². The Kier molecular flexibility index (Phi) is 7.67. The number of benzene rings is 2. The molecule has 5 nitrogen and oxygen atoms in total. The molecular formula is C21H25ClN2O3. The van der Waals surface area contributed by atoms with Gasteiger partial charge in [0, 0.05) is 37.1 Å². The molecule has 27 heavy (non-hydrogen) atoms. The molecule has 0 aromatic heterocycles. The highest BCUT2D eigenvalue weighted by Gasteiger charge is 2.12. The van der Waals surface area contributed by atoms with Crippen LogP contribution in [0.25, 0.3) is 0 Å². The van der Waals surface area contributed by atoms with Gasteiger partial charge in [-0.05, 0) is 48.7 Å². The lowest BCUT2D eigenvalue weighted by Gasteiger charge is -2.21. The minimum Gasteiger partial charge on any atom is -0.497 e. The third-order valence-corrected chi connectivity index (χ3v) is 4.75. The van der Waals surface area contributed by atoms with Crippen molar-refractivity contribution in [3.05, 3.63) is 58.6 Å². The number of aryl methyl sites for hydroxylation is 1. The van der Waals surface area contributed by atoms with Crippen molar-refractivity contribution in [3.8, 4) is 5.75 Å². The molecule has 144 valence electrons. The molecule has 0 aliphatic heterocycles. The average Bonchev–Trinajstić information content (AvgIpc) is 2.65. The van der Waals surface area contributed by atoms with Crippen molar-refractivity contribution in [1.82, 2.24) is 4.90 Å². The smallest absolute Gasteiger partial charge is 0.226 e. The molecule has 0 saturated heterocycles. The van der Waals surface area contributed by atoms with Crippen LogP contribution in [0, 0.1) is 6.92 Å². The second-order valence-electron chi connectivity index (χ2n) is 6.37. The van der Waals surface area contributed by atoms with Gasteiger partial charge in [0.15, 0.2) is 0 Å². The fourth-order valence-corrected chi connectivity index (χ4v) is 2.79. The Morgan fingerprint density at radius 1 is 1.11 bits per heavy atom. The van der Waals surface area contributed by atoms with Crippen molar-refractivity contribution in [2.45, 2.75) is 26.7 Å². The molecule has 0 unspecified atom stereocenters. The minimum absolute atomic E-state index is 0.0466. The number of amides is 2. The molecule has 0 radical (unpaired) electrons. The summed E-state index contributed by atoms with van der Waals surface area (Å²) in [4.78, 5) is 25.7. The fourth-order valence-electron chi connectivity index (χ4n) is 2.61. The number of nitrogens with one attached hydrogen (secondary N) is 1. The molecule has 2 amide bonds. The van der Waals surface area contributed by atoms with E-state index in [0.717, 1.165) is 23.3 Å². The van der Waals surface area contributed by atoms with Crippen molar-refractivity contribution in [3.63, 3.8) is 0 Å².